The van der Waals surface area contributed by atoms with E-state index in [2.05, 4.69) is 5.32 Å². The quantitative estimate of drug-likeness (QED) is 0.851. The number of anilines is 1. The van der Waals surface area contributed by atoms with Gasteiger partial charge in [-0.1, -0.05) is 0 Å². The molecule has 1 aromatic heterocycles. The van der Waals surface area contributed by atoms with E-state index < -0.39 is 40.8 Å². The van der Waals surface area contributed by atoms with Crippen LogP contribution in [0.2, 0.25) is 0 Å². The summed E-state index contributed by atoms with van der Waals surface area (Å²) < 4.78 is 36.9. The maximum atomic E-state index is 13.8. The first kappa shape index (κ1) is 15.5. The van der Waals surface area contributed by atoms with Crippen LogP contribution in [-0.4, -0.2) is 17.0 Å². The third-order valence-corrected chi connectivity index (χ3v) is 2.55. The monoisotopic (exact) mass is 311 g/mol. The lowest BCUT2D eigenvalue weighted by atomic mass is 10.1. The molecule has 0 saturated heterocycles. The lowest BCUT2D eigenvalue weighted by Crippen LogP contribution is -2.08. The van der Waals surface area contributed by atoms with Gasteiger partial charge in [-0.15, -0.1) is 0 Å². The van der Waals surface area contributed by atoms with Gasteiger partial charge in [-0.3, -0.25) is 14.9 Å². The largest absolute Gasteiger partial charge is 0.502 e. The second-order valence-corrected chi connectivity index (χ2v) is 4.34. The van der Waals surface area contributed by atoms with Gasteiger partial charge in [0.25, 0.3) is 0 Å². The van der Waals surface area contributed by atoms with Crippen molar-refractivity contribution < 1.29 is 32.6 Å². The highest BCUT2D eigenvalue weighted by atomic mass is 19.1. The lowest BCUT2D eigenvalue weighted by molar-refractivity contribution is -0.132. The number of esters is 1. The minimum absolute atomic E-state index is 0.387. The zero-order valence-corrected chi connectivity index (χ0v) is 11.6. The molecule has 6 nitrogen and oxygen atoms in total. The summed E-state index contributed by atoms with van der Waals surface area (Å²) in [6.07, 6.45) is 0. The van der Waals surface area contributed by atoms with E-state index in [9.17, 15) is 23.5 Å². The normalized spacial score (nSPS) is 10.4. The van der Waals surface area contributed by atoms with Crippen LogP contribution in [0.15, 0.2) is 22.6 Å². The van der Waals surface area contributed by atoms with E-state index in [0.29, 0.717) is 0 Å². The molecule has 0 saturated carbocycles. The van der Waals surface area contributed by atoms with Crippen LogP contribution in [-0.2, 0) is 9.59 Å². The Kier molecular flexibility index (Phi) is 4.11. The van der Waals surface area contributed by atoms with Gasteiger partial charge in [0.1, 0.15) is 11.6 Å². The molecule has 0 aliphatic carbocycles. The van der Waals surface area contributed by atoms with Gasteiger partial charge < -0.3 is 14.3 Å². The summed E-state index contributed by atoms with van der Waals surface area (Å²) in [6.45, 7) is 2.21. The molecule has 0 unspecified atom stereocenters. The van der Waals surface area contributed by atoms with E-state index in [4.69, 9.17) is 9.15 Å². The Morgan fingerprint density at radius 2 is 1.95 bits per heavy atom. The van der Waals surface area contributed by atoms with Crippen molar-refractivity contribution in [3.63, 3.8) is 0 Å². The van der Waals surface area contributed by atoms with E-state index in [1.807, 2.05) is 0 Å². The third-order valence-electron chi connectivity index (χ3n) is 2.55. The van der Waals surface area contributed by atoms with Crippen molar-refractivity contribution in [1.29, 1.82) is 0 Å². The van der Waals surface area contributed by atoms with Crippen LogP contribution in [0.1, 0.15) is 13.8 Å². The number of carbonyl (C=O) groups is 2. The first-order chi connectivity index (χ1) is 10.3. The number of hydrogen-bond acceptors (Lipinski definition) is 5. The molecule has 0 aliphatic rings. The Hall–Kier alpha value is -2.90. The van der Waals surface area contributed by atoms with E-state index in [-0.39, 0.29) is 11.4 Å². The van der Waals surface area contributed by atoms with Crippen molar-refractivity contribution in [3.05, 3.63) is 29.8 Å². The number of amides is 1. The predicted octanol–water partition coefficient (Wildman–Crippen LogP) is 2.81. The average Bonchev–Trinajstić information content (AvgIpc) is 2.69. The van der Waals surface area contributed by atoms with Gasteiger partial charge in [-0.05, 0) is 18.2 Å². The summed E-state index contributed by atoms with van der Waals surface area (Å²) in [5, 5.41) is 12.2. The number of rotatable bonds is 3. The average molecular weight is 311 g/mol. The van der Waals surface area contributed by atoms with Crippen molar-refractivity contribution in [1.82, 2.24) is 0 Å². The van der Waals surface area contributed by atoms with E-state index in [1.54, 1.807) is 0 Å². The minimum atomic E-state index is -0.866. The van der Waals surface area contributed by atoms with Crippen LogP contribution >= 0.6 is 0 Å². The number of hydrogen-bond donors (Lipinski definition) is 2. The number of ether oxygens (including phenoxy) is 1. The zero-order valence-electron chi connectivity index (χ0n) is 11.6. The van der Waals surface area contributed by atoms with Gasteiger partial charge >= 0.3 is 5.97 Å². The van der Waals surface area contributed by atoms with Crippen molar-refractivity contribution in [3.8, 4) is 22.8 Å². The smallest absolute Gasteiger partial charge is 0.308 e. The van der Waals surface area contributed by atoms with Crippen LogP contribution in [0.3, 0.4) is 0 Å². The lowest BCUT2D eigenvalue weighted by Gasteiger charge is -2.01. The van der Waals surface area contributed by atoms with Crippen LogP contribution < -0.4 is 10.1 Å². The summed E-state index contributed by atoms with van der Waals surface area (Å²) >= 11 is 0. The predicted molar refractivity (Wildman–Crippen MR) is 71.3 cm³/mol. The second-order valence-electron chi connectivity index (χ2n) is 4.34. The van der Waals surface area contributed by atoms with Gasteiger partial charge in [0, 0.05) is 13.8 Å². The van der Waals surface area contributed by atoms with Crippen LogP contribution in [0.25, 0.3) is 11.3 Å². The molecule has 0 atom stereocenters. The molecule has 2 aromatic rings. The molecular formula is C14H11F2NO5. The maximum absolute atomic E-state index is 13.8. The molecule has 0 bridgehead atoms. The highest BCUT2D eigenvalue weighted by Crippen LogP contribution is 2.46. The molecule has 1 heterocycles. The van der Waals surface area contributed by atoms with Crippen molar-refractivity contribution >= 4 is 17.8 Å². The van der Waals surface area contributed by atoms with Crippen molar-refractivity contribution in [2.75, 3.05) is 5.32 Å². The molecule has 0 fully saturated rings. The number of aromatic hydroxyl groups is 1. The Balaban J connectivity index is 2.61. The first-order valence-electron chi connectivity index (χ1n) is 6.06. The first-order valence-corrected chi connectivity index (χ1v) is 6.06. The molecule has 0 radical (unpaired) electrons. The molecule has 22 heavy (non-hydrogen) atoms. The van der Waals surface area contributed by atoms with Gasteiger partial charge in [-0.25, -0.2) is 8.78 Å². The molecule has 1 aromatic carbocycles. The Morgan fingerprint density at radius 1 is 1.27 bits per heavy atom. The Morgan fingerprint density at radius 3 is 2.55 bits per heavy atom. The number of benzene rings is 1. The highest BCUT2D eigenvalue weighted by molar-refractivity contribution is 5.91. The fraction of sp³-hybridized carbons (Fsp3) is 0.143. The summed E-state index contributed by atoms with van der Waals surface area (Å²) in [4.78, 5) is 22.2. The highest BCUT2D eigenvalue weighted by Gasteiger charge is 2.26. The molecule has 0 spiro atoms. The third kappa shape index (κ3) is 3.05. The van der Waals surface area contributed by atoms with E-state index in [0.717, 1.165) is 32.0 Å². The molecule has 0 aliphatic heterocycles. The summed E-state index contributed by atoms with van der Waals surface area (Å²) in [6, 6.07) is 2.53. The van der Waals surface area contributed by atoms with Gasteiger partial charge in [0.15, 0.2) is 5.76 Å². The Labute approximate surface area is 123 Å². The molecule has 1 amide bonds. The van der Waals surface area contributed by atoms with Crippen LogP contribution in [0, 0.1) is 11.6 Å². The van der Waals surface area contributed by atoms with E-state index >= 15 is 0 Å². The van der Waals surface area contributed by atoms with Gasteiger partial charge in [0.2, 0.25) is 23.3 Å². The molecule has 116 valence electrons. The zero-order chi connectivity index (χ0) is 16.4. The summed E-state index contributed by atoms with van der Waals surface area (Å²) in [5.41, 5.74) is -0.387. The molecule has 2 N–H and O–H groups in total. The van der Waals surface area contributed by atoms with Gasteiger partial charge in [0.05, 0.1) is 5.56 Å². The standard InChI is InChI=1S/C14H11F2NO5/c1-6(18)17-14-13(21-7(2)19)11(20)12(22-14)9-5-8(15)3-4-10(9)16/h3-5,20H,1-2H3,(H,17,18). The SMILES string of the molecule is CC(=O)Nc1oc(-c2cc(F)ccc2F)c(O)c1OC(C)=O. The molecular weight excluding hydrogens is 300 g/mol. The number of halogens is 2. The summed E-state index contributed by atoms with van der Waals surface area (Å²) in [7, 11) is 0. The number of carbonyl (C=O) groups excluding carboxylic acids is 2. The van der Waals surface area contributed by atoms with Crippen LogP contribution in [0.4, 0.5) is 14.7 Å². The van der Waals surface area contributed by atoms with E-state index in [1.165, 1.54) is 0 Å². The van der Waals surface area contributed by atoms with Crippen molar-refractivity contribution in [2.24, 2.45) is 0 Å². The fourth-order valence-electron chi connectivity index (χ4n) is 1.74. The minimum Gasteiger partial charge on any atom is -0.502 e. The fourth-order valence-corrected chi connectivity index (χ4v) is 1.74. The number of furan rings is 1. The summed E-state index contributed by atoms with van der Waals surface area (Å²) in [5.74, 6) is -5.08. The number of nitrogens with one attached hydrogen (secondary N) is 1. The Bertz CT molecular complexity index is 754. The maximum Gasteiger partial charge on any atom is 0.308 e. The van der Waals surface area contributed by atoms with Gasteiger partial charge in [-0.2, -0.15) is 0 Å². The van der Waals surface area contributed by atoms with Crippen molar-refractivity contribution in [2.45, 2.75) is 13.8 Å². The van der Waals surface area contributed by atoms with Crippen LogP contribution in [0.5, 0.6) is 11.5 Å². The second kappa shape index (κ2) is 5.84. The topological polar surface area (TPSA) is 88.8 Å². The molecule has 8 heteroatoms. The molecule has 2 rings (SSSR count).